The fourth-order valence-corrected chi connectivity index (χ4v) is 1.03. The zero-order valence-corrected chi connectivity index (χ0v) is 24.1. The van der Waals surface area contributed by atoms with E-state index in [2.05, 4.69) is 9.97 Å². The first-order chi connectivity index (χ1) is 15.9. The summed E-state index contributed by atoms with van der Waals surface area (Å²) in [5.41, 5.74) is 1.83. The molecule has 0 atom stereocenters. The number of aliphatic carboxylic acids is 4. The van der Waals surface area contributed by atoms with Gasteiger partial charge in [0.15, 0.2) is 0 Å². The van der Waals surface area contributed by atoms with Crippen molar-refractivity contribution in [3.05, 3.63) is 48.8 Å². The van der Waals surface area contributed by atoms with Gasteiger partial charge in [0, 0.05) is 57.6 Å². The number of hydrogen-bond donors (Lipinski definition) is 3. The summed E-state index contributed by atoms with van der Waals surface area (Å²) in [5, 5.41) is 56.6. The van der Waals surface area contributed by atoms with E-state index in [1.807, 2.05) is 36.4 Å². The molecule has 0 aliphatic heterocycles. The average molecular weight is 694 g/mol. The van der Waals surface area contributed by atoms with Crippen LogP contribution in [0.15, 0.2) is 48.8 Å². The van der Waals surface area contributed by atoms with Crippen LogP contribution in [0.3, 0.4) is 0 Å². The van der Waals surface area contributed by atoms with E-state index < -0.39 is 23.9 Å². The van der Waals surface area contributed by atoms with Gasteiger partial charge in [0.2, 0.25) is 0 Å². The minimum atomic E-state index is -1.08. The molecule has 13 nitrogen and oxygen atoms in total. The van der Waals surface area contributed by atoms with Crippen molar-refractivity contribution in [1.82, 2.24) is 9.97 Å². The molecule has 2 radical (unpaired) electrons. The van der Waals surface area contributed by atoms with Crippen molar-refractivity contribution < 1.29 is 93.9 Å². The Morgan fingerprint density at radius 2 is 0.694 bits per heavy atom. The molecule has 2 aromatic rings. The van der Waals surface area contributed by atoms with E-state index in [4.69, 9.17) is 54.9 Å². The van der Waals surface area contributed by atoms with Crippen LogP contribution < -0.4 is 20.4 Å². The Hall–Kier alpha value is -2.69. The predicted octanol–water partition coefficient (Wildman–Crippen LogP) is -4.01. The fourth-order valence-electron chi connectivity index (χ4n) is 1.03. The Kier molecular flexibility index (Phi) is 74.5. The Labute approximate surface area is 236 Å². The summed E-state index contributed by atoms with van der Waals surface area (Å²) in [6.45, 7) is 3.89. The molecule has 0 bridgehead atoms. The largest absolute Gasteiger partial charge is 2.00 e. The van der Waals surface area contributed by atoms with Gasteiger partial charge in [0.05, 0.1) is 11.4 Å². The number of carboxylic acids is 4. The summed E-state index contributed by atoms with van der Waals surface area (Å²) in [6.07, 6.45) is 3.54. The molecule has 0 spiro atoms. The SMILES string of the molecule is CC(=O)[O-].CC(=O)[O-].CC(=O)[O-].CC(=O)[O-].CO.CO.CO.[Rh+2].[Rh+2].c1ccc(-c2ccccn2)nc1. The fraction of sp³-hybridized carbons (Fsp3) is 0.333. The molecule has 0 saturated carbocycles. The third kappa shape index (κ3) is 96.0. The maximum atomic E-state index is 8.89. The molecule has 15 heteroatoms. The van der Waals surface area contributed by atoms with E-state index >= 15 is 0 Å². The number of aliphatic hydroxyl groups is 3. The van der Waals surface area contributed by atoms with Gasteiger partial charge in [-0.15, -0.1) is 0 Å². The van der Waals surface area contributed by atoms with Crippen LogP contribution in [0, 0.1) is 0 Å². The van der Waals surface area contributed by atoms with Gasteiger partial charge >= 0.3 is 39.0 Å². The summed E-state index contributed by atoms with van der Waals surface area (Å²) in [7, 11) is 3.00. The van der Waals surface area contributed by atoms with Crippen LogP contribution >= 0.6 is 0 Å². The summed E-state index contributed by atoms with van der Waals surface area (Å²) in [5.74, 6) is -4.33. The Bertz CT molecular complexity index is 608. The van der Waals surface area contributed by atoms with Crippen molar-refractivity contribution >= 4 is 23.9 Å². The van der Waals surface area contributed by atoms with Crippen LogP contribution in [0.2, 0.25) is 0 Å². The maximum Gasteiger partial charge on any atom is 2.00 e. The molecule has 2 heterocycles. The normalized spacial score (nSPS) is 6.50. The molecule has 36 heavy (non-hydrogen) atoms. The van der Waals surface area contributed by atoms with Gasteiger partial charge < -0.3 is 54.9 Å². The van der Waals surface area contributed by atoms with Gasteiger partial charge in [-0.1, -0.05) is 12.1 Å². The van der Waals surface area contributed by atoms with Crippen LogP contribution in [0.1, 0.15) is 27.7 Å². The molecule has 0 aliphatic carbocycles. The van der Waals surface area contributed by atoms with Crippen LogP contribution in [0.4, 0.5) is 0 Å². The molecule has 2 rings (SSSR count). The standard InChI is InChI=1S/C10H8N2.4C2H4O2.3CH4O.2Rh/c1-3-7-11-9(5-1)10-6-2-4-8-12-10;4*1-2(3)4;3*1-2;;/h1-8H;4*1H3,(H,3,4);3*2H,1H3;;/q;;;;;;;;2*+2/p-4. The molecule has 0 unspecified atom stereocenters. The Morgan fingerprint density at radius 3 is 0.806 bits per heavy atom. The van der Waals surface area contributed by atoms with Crippen LogP contribution in [0.5, 0.6) is 0 Å². The molecule has 210 valence electrons. The summed E-state index contributed by atoms with van der Waals surface area (Å²) in [6, 6.07) is 11.6. The Morgan fingerprint density at radius 1 is 0.528 bits per heavy atom. The molecule has 0 aliphatic rings. The number of aromatic nitrogens is 2. The number of hydrogen-bond acceptors (Lipinski definition) is 13. The summed E-state index contributed by atoms with van der Waals surface area (Å²) >= 11 is 0. The second-order valence-electron chi connectivity index (χ2n) is 4.40. The topological polar surface area (TPSA) is 247 Å². The molecular weight excluding hydrogens is 662 g/mol. The van der Waals surface area contributed by atoms with Crippen LogP contribution in [-0.2, 0) is 58.1 Å². The van der Waals surface area contributed by atoms with Crippen molar-refractivity contribution in [3.8, 4) is 11.4 Å². The summed E-state index contributed by atoms with van der Waals surface area (Å²) in [4.78, 5) is 43.9. The van der Waals surface area contributed by atoms with Gasteiger partial charge in [-0.25, -0.2) is 0 Å². The molecule has 0 aromatic carbocycles. The zero-order chi connectivity index (χ0) is 28.5. The minimum Gasteiger partial charge on any atom is -0.550 e. The molecule has 0 fully saturated rings. The second kappa shape index (κ2) is 49.4. The number of aliphatic hydroxyl groups excluding tert-OH is 3. The number of carbonyl (C=O) groups is 4. The van der Waals surface area contributed by atoms with Crippen molar-refractivity contribution in [3.63, 3.8) is 0 Å². The quantitative estimate of drug-likeness (QED) is 0.241. The first-order valence-corrected chi connectivity index (χ1v) is 8.77. The molecule has 0 saturated heterocycles. The summed E-state index contributed by atoms with van der Waals surface area (Å²) < 4.78 is 0. The van der Waals surface area contributed by atoms with E-state index in [1.54, 1.807) is 12.4 Å². The zero-order valence-electron chi connectivity index (χ0n) is 20.8. The predicted molar refractivity (Wildman–Crippen MR) is 115 cm³/mol. The van der Waals surface area contributed by atoms with Gasteiger partial charge in [0.1, 0.15) is 0 Å². The van der Waals surface area contributed by atoms with E-state index in [0.29, 0.717) is 0 Å². The molecular formula is C21H32N2O11Rh2. The first kappa shape index (κ1) is 54.3. The van der Waals surface area contributed by atoms with E-state index in [-0.39, 0.29) is 39.0 Å². The third-order valence-electron chi connectivity index (χ3n) is 1.59. The molecule has 2 aromatic heterocycles. The Balaban J connectivity index is -0.0000000469. The van der Waals surface area contributed by atoms with Crippen molar-refractivity contribution in [2.45, 2.75) is 27.7 Å². The number of carbonyl (C=O) groups excluding carboxylic acids is 4. The number of rotatable bonds is 1. The van der Waals surface area contributed by atoms with Crippen molar-refractivity contribution in [2.24, 2.45) is 0 Å². The number of carboxylic acid groups (broad SMARTS) is 4. The van der Waals surface area contributed by atoms with Gasteiger partial charge in [0.25, 0.3) is 0 Å². The van der Waals surface area contributed by atoms with E-state index in [1.165, 1.54) is 0 Å². The van der Waals surface area contributed by atoms with Gasteiger partial charge in [-0.2, -0.15) is 0 Å². The van der Waals surface area contributed by atoms with Gasteiger partial charge in [-0.3, -0.25) is 9.97 Å². The second-order valence-corrected chi connectivity index (χ2v) is 4.40. The third-order valence-corrected chi connectivity index (χ3v) is 1.59. The maximum absolute atomic E-state index is 8.89. The first-order valence-electron chi connectivity index (χ1n) is 8.77. The molecule has 3 N–H and O–H groups in total. The smallest absolute Gasteiger partial charge is 0.550 e. The van der Waals surface area contributed by atoms with E-state index in [0.717, 1.165) is 60.4 Å². The molecule has 0 amide bonds. The van der Waals surface area contributed by atoms with Crippen molar-refractivity contribution in [1.29, 1.82) is 0 Å². The number of pyridine rings is 2. The van der Waals surface area contributed by atoms with Crippen molar-refractivity contribution in [2.75, 3.05) is 21.3 Å². The average Bonchev–Trinajstić information content (AvgIpc) is 2.78. The van der Waals surface area contributed by atoms with Crippen LogP contribution in [0.25, 0.3) is 11.4 Å². The van der Waals surface area contributed by atoms with E-state index in [9.17, 15) is 0 Å². The monoisotopic (exact) mass is 694 g/mol. The minimum absolute atomic E-state index is 0. The van der Waals surface area contributed by atoms with Gasteiger partial charge in [-0.05, 0) is 52.0 Å². The van der Waals surface area contributed by atoms with Crippen LogP contribution in [-0.4, -0.2) is 70.5 Å². The number of nitrogens with zero attached hydrogens (tertiary/aromatic N) is 2.